The van der Waals surface area contributed by atoms with Gasteiger partial charge in [0.15, 0.2) is 11.2 Å². The average Bonchev–Trinajstić information content (AvgIpc) is 3.24. The fraction of sp³-hybridized carbons (Fsp3) is 0.208. The van der Waals surface area contributed by atoms with Crippen LogP contribution in [0.5, 0.6) is 0 Å². The molecule has 190 valence electrons. The van der Waals surface area contributed by atoms with Crippen molar-refractivity contribution in [2.75, 3.05) is 12.0 Å². The summed E-state index contributed by atoms with van der Waals surface area (Å²) >= 11 is 0. The van der Waals surface area contributed by atoms with Crippen molar-refractivity contribution in [2.45, 2.75) is 20.0 Å². The zero-order valence-electron chi connectivity index (χ0n) is 20.0. The van der Waals surface area contributed by atoms with E-state index in [1.54, 1.807) is 17.6 Å². The molecule has 0 unspecified atom stereocenters. The van der Waals surface area contributed by atoms with Crippen LogP contribution in [0.1, 0.15) is 18.1 Å². The first-order valence-corrected chi connectivity index (χ1v) is 11.2. The molecule has 0 bridgehead atoms. The van der Waals surface area contributed by atoms with Crippen molar-refractivity contribution in [3.05, 3.63) is 96.7 Å². The monoisotopic (exact) mass is 505 g/mol. The highest BCUT2D eigenvalue weighted by Crippen LogP contribution is 2.18. The summed E-state index contributed by atoms with van der Waals surface area (Å²) in [5.41, 5.74) is 2.76. The summed E-state index contributed by atoms with van der Waals surface area (Å²) in [5, 5.41) is 15.2. The number of fused-ring (bicyclic) bond motifs is 1. The molecular weight excluding hydrogens is 482 g/mol. The van der Waals surface area contributed by atoms with Crippen molar-refractivity contribution in [1.29, 1.82) is 0 Å². The molecule has 0 aliphatic rings. The lowest BCUT2D eigenvalue weighted by Gasteiger charge is -2.10. The summed E-state index contributed by atoms with van der Waals surface area (Å²) in [4.78, 5) is 53.3. The SMILES string of the molecule is CCOC(=O)Cn1c(=O)c2c(nc(N/N=C\c3cccc([N+](=O)[O-])c3)n2Cc2ccccc2)n(C)c1=O. The number of imidazole rings is 1. The Kier molecular flexibility index (Phi) is 7.23. The number of anilines is 1. The summed E-state index contributed by atoms with van der Waals surface area (Å²) in [7, 11) is 1.45. The van der Waals surface area contributed by atoms with Crippen LogP contribution in [-0.2, 0) is 29.7 Å². The number of rotatable bonds is 9. The third kappa shape index (κ3) is 5.29. The molecule has 0 saturated carbocycles. The van der Waals surface area contributed by atoms with Gasteiger partial charge in [0.2, 0.25) is 5.95 Å². The number of hydrogen-bond donors (Lipinski definition) is 1. The number of esters is 1. The highest BCUT2D eigenvalue weighted by Gasteiger charge is 2.22. The minimum Gasteiger partial charge on any atom is -0.465 e. The van der Waals surface area contributed by atoms with Crippen LogP contribution in [0.15, 0.2) is 69.3 Å². The quantitative estimate of drug-likeness (QED) is 0.156. The third-order valence-corrected chi connectivity index (χ3v) is 5.47. The Morgan fingerprint density at radius 3 is 2.62 bits per heavy atom. The van der Waals surface area contributed by atoms with E-state index in [-0.39, 0.29) is 36.0 Å². The summed E-state index contributed by atoms with van der Waals surface area (Å²) in [6.07, 6.45) is 1.37. The number of hydrogen-bond acceptors (Lipinski definition) is 9. The van der Waals surface area contributed by atoms with Gasteiger partial charge in [-0.2, -0.15) is 10.1 Å². The molecule has 0 aliphatic heterocycles. The number of aryl methyl sites for hydroxylation is 1. The first-order valence-electron chi connectivity index (χ1n) is 11.2. The van der Waals surface area contributed by atoms with Crippen molar-refractivity contribution in [1.82, 2.24) is 18.7 Å². The van der Waals surface area contributed by atoms with Crippen molar-refractivity contribution in [2.24, 2.45) is 12.1 Å². The smallest absolute Gasteiger partial charge is 0.333 e. The maximum atomic E-state index is 13.4. The molecule has 0 atom stereocenters. The zero-order valence-corrected chi connectivity index (χ0v) is 20.0. The van der Waals surface area contributed by atoms with Crippen LogP contribution in [0, 0.1) is 10.1 Å². The first kappa shape index (κ1) is 25.0. The van der Waals surface area contributed by atoms with Crippen LogP contribution in [0.25, 0.3) is 11.2 Å². The Labute approximate surface area is 209 Å². The summed E-state index contributed by atoms with van der Waals surface area (Å²) < 4.78 is 8.45. The molecule has 0 amide bonds. The van der Waals surface area contributed by atoms with E-state index in [9.17, 15) is 24.5 Å². The van der Waals surface area contributed by atoms with Crippen LogP contribution in [0.4, 0.5) is 11.6 Å². The molecule has 2 heterocycles. The van der Waals surface area contributed by atoms with Crippen LogP contribution in [-0.4, -0.2) is 42.4 Å². The highest BCUT2D eigenvalue weighted by atomic mass is 16.6. The van der Waals surface area contributed by atoms with E-state index >= 15 is 0 Å². The first-order chi connectivity index (χ1) is 17.8. The normalized spacial score (nSPS) is 11.2. The predicted octanol–water partition coefficient (Wildman–Crippen LogP) is 1.86. The second-order valence-electron chi connectivity index (χ2n) is 7.94. The van der Waals surface area contributed by atoms with Gasteiger partial charge in [-0.15, -0.1) is 0 Å². The molecule has 1 N–H and O–H groups in total. The lowest BCUT2D eigenvalue weighted by molar-refractivity contribution is -0.384. The number of non-ortho nitro benzene ring substituents is 1. The summed E-state index contributed by atoms with van der Waals surface area (Å²) in [6, 6.07) is 15.2. The number of nitrogens with zero attached hydrogens (tertiary/aromatic N) is 6. The lowest BCUT2D eigenvalue weighted by atomic mass is 10.2. The third-order valence-electron chi connectivity index (χ3n) is 5.47. The number of carbonyl (C=O) groups is 1. The highest BCUT2D eigenvalue weighted by molar-refractivity contribution is 5.81. The van der Waals surface area contributed by atoms with Crippen LogP contribution in [0.2, 0.25) is 0 Å². The van der Waals surface area contributed by atoms with Gasteiger partial charge in [0, 0.05) is 24.7 Å². The molecule has 37 heavy (non-hydrogen) atoms. The van der Waals surface area contributed by atoms with Crippen molar-refractivity contribution < 1.29 is 14.5 Å². The maximum absolute atomic E-state index is 13.4. The number of carbonyl (C=O) groups excluding carboxylic acids is 1. The second-order valence-corrected chi connectivity index (χ2v) is 7.94. The lowest BCUT2D eigenvalue weighted by Crippen LogP contribution is -2.41. The fourth-order valence-electron chi connectivity index (χ4n) is 3.74. The number of hydrazone groups is 1. The molecule has 4 aromatic rings. The molecule has 0 aliphatic carbocycles. The minimum atomic E-state index is -0.721. The second kappa shape index (κ2) is 10.7. The standard InChI is InChI=1S/C24H23N7O6/c1-3-37-19(32)15-30-22(33)20-21(28(2)24(30)34)26-23(29(20)14-16-8-5-4-6-9-16)27-25-13-17-10-7-11-18(12-17)31(35)36/h4-13H,3,14-15H2,1-2H3,(H,26,27)/b25-13-. The Hall–Kier alpha value is -5.07. The molecule has 2 aromatic heterocycles. The van der Waals surface area contributed by atoms with Crippen LogP contribution < -0.4 is 16.7 Å². The fourth-order valence-corrected chi connectivity index (χ4v) is 3.74. The molecule has 0 radical (unpaired) electrons. The van der Waals surface area contributed by atoms with Crippen molar-refractivity contribution >= 4 is 35.0 Å². The minimum absolute atomic E-state index is 0.0857. The van der Waals surface area contributed by atoms with Gasteiger partial charge in [-0.25, -0.2) is 14.8 Å². The van der Waals surface area contributed by atoms with E-state index < -0.39 is 28.7 Å². The van der Waals surface area contributed by atoms with Gasteiger partial charge in [0.25, 0.3) is 11.2 Å². The number of nitro benzene ring substituents is 1. The molecular formula is C24H23N7O6. The van der Waals surface area contributed by atoms with E-state index in [0.29, 0.717) is 5.56 Å². The molecule has 0 fully saturated rings. The number of benzene rings is 2. The Morgan fingerprint density at radius 1 is 1.16 bits per heavy atom. The molecule has 0 saturated heterocycles. The van der Waals surface area contributed by atoms with Gasteiger partial charge in [-0.05, 0) is 12.5 Å². The van der Waals surface area contributed by atoms with Gasteiger partial charge < -0.3 is 4.74 Å². The van der Waals surface area contributed by atoms with Crippen LogP contribution >= 0.6 is 0 Å². The topological polar surface area (TPSA) is 156 Å². The van der Waals surface area contributed by atoms with E-state index in [0.717, 1.165) is 10.1 Å². The zero-order chi connectivity index (χ0) is 26.5. The molecule has 0 spiro atoms. The Bertz CT molecular complexity index is 1620. The van der Waals surface area contributed by atoms with E-state index in [4.69, 9.17) is 4.74 Å². The molecule has 4 rings (SSSR count). The Balaban J connectivity index is 1.81. The average molecular weight is 505 g/mol. The van der Waals surface area contributed by atoms with Gasteiger partial charge in [0.1, 0.15) is 6.54 Å². The van der Waals surface area contributed by atoms with Gasteiger partial charge in [-0.3, -0.25) is 28.8 Å². The number of aromatic nitrogens is 4. The maximum Gasteiger partial charge on any atom is 0.333 e. The van der Waals surface area contributed by atoms with Gasteiger partial charge in [0.05, 0.1) is 24.3 Å². The predicted molar refractivity (Wildman–Crippen MR) is 136 cm³/mol. The Morgan fingerprint density at radius 2 is 1.92 bits per heavy atom. The summed E-state index contributed by atoms with van der Waals surface area (Å²) in [5.74, 6) is -0.559. The number of ether oxygens (including phenoxy) is 1. The van der Waals surface area contributed by atoms with Crippen LogP contribution in [0.3, 0.4) is 0 Å². The van der Waals surface area contributed by atoms with E-state index in [2.05, 4.69) is 15.5 Å². The van der Waals surface area contributed by atoms with E-state index in [1.807, 2.05) is 30.3 Å². The largest absolute Gasteiger partial charge is 0.465 e. The summed E-state index contributed by atoms with van der Waals surface area (Å²) in [6.45, 7) is 1.40. The van der Waals surface area contributed by atoms with Crippen molar-refractivity contribution in [3.8, 4) is 0 Å². The number of nitro groups is 1. The molecule has 13 heteroatoms. The van der Waals surface area contributed by atoms with Gasteiger partial charge >= 0.3 is 11.7 Å². The molecule has 13 nitrogen and oxygen atoms in total. The number of nitrogens with one attached hydrogen (secondary N) is 1. The molecule has 2 aromatic carbocycles. The van der Waals surface area contributed by atoms with Gasteiger partial charge in [-0.1, -0.05) is 42.5 Å². The van der Waals surface area contributed by atoms with Crippen molar-refractivity contribution in [3.63, 3.8) is 0 Å². The van der Waals surface area contributed by atoms with E-state index in [1.165, 1.54) is 36.0 Å².